The first-order valence-corrected chi connectivity index (χ1v) is 6.26. The summed E-state index contributed by atoms with van der Waals surface area (Å²) >= 11 is 8.71. The van der Waals surface area contributed by atoms with Crippen molar-refractivity contribution in [1.29, 1.82) is 0 Å². The molecule has 0 radical (unpaired) electrons. The molecule has 84 valence electrons. The predicted octanol–water partition coefficient (Wildman–Crippen LogP) is 3.56. The second-order valence-electron chi connectivity index (χ2n) is 3.54. The summed E-state index contributed by atoms with van der Waals surface area (Å²) in [7, 11) is 0. The van der Waals surface area contributed by atoms with E-state index in [0.717, 1.165) is 22.4 Å². The Labute approximate surface area is 108 Å². The van der Waals surface area contributed by atoms with Gasteiger partial charge in [-0.25, -0.2) is 0 Å². The average Bonchev–Trinajstić information content (AvgIpc) is 2.59. The lowest BCUT2D eigenvalue weighted by Gasteiger charge is -2.10. The molecule has 0 spiro atoms. The van der Waals surface area contributed by atoms with Crippen LogP contribution in [0.1, 0.15) is 18.3 Å². The minimum absolute atomic E-state index is 0.634. The summed E-state index contributed by atoms with van der Waals surface area (Å²) in [4.78, 5) is 0. The average molecular weight is 298 g/mol. The van der Waals surface area contributed by atoms with Crippen LogP contribution in [-0.4, -0.2) is 14.8 Å². The van der Waals surface area contributed by atoms with Gasteiger partial charge in [0, 0.05) is 4.47 Å². The highest BCUT2D eigenvalue weighted by molar-refractivity contribution is 9.10. The summed E-state index contributed by atoms with van der Waals surface area (Å²) in [6, 6.07) is 6.19. The van der Waals surface area contributed by atoms with E-state index in [1.807, 2.05) is 17.6 Å². The lowest BCUT2D eigenvalue weighted by atomic mass is 10.1. The van der Waals surface area contributed by atoms with E-state index in [0.29, 0.717) is 4.77 Å². The molecule has 5 heteroatoms. The third kappa shape index (κ3) is 1.97. The zero-order valence-electron chi connectivity index (χ0n) is 9.12. The van der Waals surface area contributed by atoms with Crippen molar-refractivity contribution in [3.05, 3.63) is 38.8 Å². The molecule has 3 nitrogen and oxygen atoms in total. The fourth-order valence-electron chi connectivity index (χ4n) is 1.71. The van der Waals surface area contributed by atoms with Gasteiger partial charge in [0.1, 0.15) is 5.82 Å². The number of H-pyrrole nitrogens is 1. The summed E-state index contributed by atoms with van der Waals surface area (Å²) in [5, 5.41) is 6.93. The van der Waals surface area contributed by atoms with Crippen LogP contribution in [0.5, 0.6) is 0 Å². The second kappa shape index (κ2) is 4.51. The van der Waals surface area contributed by atoms with Crippen molar-refractivity contribution in [2.75, 3.05) is 0 Å². The Morgan fingerprint density at radius 1 is 1.50 bits per heavy atom. The number of rotatable bonds is 2. The lowest BCUT2D eigenvalue weighted by molar-refractivity contribution is 0.937. The maximum Gasteiger partial charge on any atom is 0.199 e. The van der Waals surface area contributed by atoms with Gasteiger partial charge in [0.15, 0.2) is 4.77 Å². The fraction of sp³-hybridized carbons (Fsp3) is 0.273. The number of aryl methyl sites for hydroxylation is 2. The molecule has 2 aromatic rings. The molecule has 1 aromatic carbocycles. The Morgan fingerprint density at radius 3 is 2.81 bits per heavy atom. The van der Waals surface area contributed by atoms with Crippen molar-refractivity contribution in [3.8, 4) is 5.69 Å². The van der Waals surface area contributed by atoms with Crippen LogP contribution in [0.25, 0.3) is 5.69 Å². The summed E-state index contributed by atoms with van der Waals surface area (Å²) in [6.45, 7) is 4.07. The molecule has 0 saturated heterocycles. The van der Waals surface area contributed by atoms with Gasteiger partial charge in [-0.1, -0.05) is 22.9 Å². The van der Waals surface area contributed by atoms with Crippen molar-refractivity contribution in [1.82, 2.24) is 14.8 Å². The molecule has 0 atom stereocenters. The first kappa shape index (κ1) is 11.5. The lowest BCUT2D eigenvalue weighted by Crippen LogP contribution is -2.01. The topological polar surface area (TPSA) is 33.6 Å². The normalized spacial score (nSPS) is 10.7. The molecule has 1 aromatic heterocycles. The van der Waals surface area contributed by atoms with Crippen LogP contribution in [0, 0.1) is 11.7 Å². The van der Waals surface area contributed by atoms with Crippen LogP contribution in [0.15, 0.2) is 22.7 Å². The van der Waals surface area contributed by atoms with Gasteiger partial charge in [-0.15, -0.1) is 0 Å². The molecule has 1 heterocycles. The zero-order valence-corrected chi connectivity index (χ0v) is 11.5. The molecule has 1 N–H and O–H groups in total. The SMILES string of the molecule is CCc1cc(Br)ccc1-n1c(C)n[nH]c1=S. The number of aromatic nitrogens is 3. The van der Waals surface area contributed by atoms with Gasteiger partial charge < -0.3 is 0 Å². The van der Waals surface area contributed by atoms with E-state index >= 15 is 0 Å². The standard InChI is InChI=1S/C11H12BrN3S/c1-3-8-6-9(12)4-5-10(8)15-7(2)13-14-11(15)16/h4-6H,3H2,1-2H3,(H,14,16). The number of nitrogens with zero attached hydrogens (tertiary/aromatic N) is 2. The van der Waals surface area contributed by atoms with Crippen LogP contribution in [0.3, 0.4) is 0 Å². The third-order valence-electron chi connectivity index (χ3n) is 2.50. The van der Waals surface area contributed by atoms with Gasteiger partial charge in [-0.05, 0) is 49.3 Å². The first-order chi connectivity index (χ1) is 7.63. The summed E-state index contributed by atoms with van der Waals surface area (Å²) in [5.74, 6) is 0.877. The molecule has 0 aliphatic rings. The number of hydrogen-bond acceptors (Lipinski definition) is 2. The van der Waals surface area contributed by atoms with E-state index in [4.69, 9.17) is 12.2 Å². The molecule has 0 bridgehead atoms. The number of benzene rings is 1. The largest absolute Gasteiger partial charge is 0.272 e. The van der Waals surface area contributed by atoms with E-state index in [-0.39, 0.29) is 0 Å². The summed E-state index contributed by atoms with van der Waals surface area (Å²) in [6.07, 6.45) is 0.959. The van der Waals surface area contributed by atoms with Gasteiger partial charge >= 0.3 is 0 Å². The number of aromatic amines is 1. The Morgan fingerprint density at radius 2 is 2.25 bits per heavy atom. The van der Waals surface area contributed by atoms with Crippen molar-refractivity contribution in [2.24, 2.45) is 0 Å². The highest BCUT2D eigenvalue weighted by Gasteiger charge is 2.08. The Kier molecular flexibility index (Phi) is 3.25. The number of hydrogen-bond donors (Lipinski definition) is 1. The molecular formula is C11H12BrN3S. The molecule has 0 saturated carbocycles. The zero-order chi connectivity index (χ0) is 11.7. The van der Waals surface area contributed by atoms with Gasteiger partial charge in [-0.2, -0.15) is 5.10 Å². The van der Waals surface area contributed by atoms with E-state index in [1.54, 1.807) is 0 Å². The van der Waals surface area contributed by atoms with E-state index in [2.05, 4.69) is 45.2 Å². The Hall–Kier alpha value is -0.940. The second-order valence-corrected chi connectivity index (χ2v) is 4.84. The van der Waals surface area contributed by atoms with Crippen LogP contribution < -0.4 is 0 Å². The van der Waals surface area contributed by atoms with Crippen LogP contribution in [0.2, 0.25) is 0 Å². The molecular weight excluding hydrogens is 286 g/mol. The van der Waals surface area contributed by atoms with Crippen molar-refractivity contribution in [3.63, 3.8) is 0 Å². The Balaban J connectivity index is 2.69. The Bertz CT molecular complexity index is 571. The molecule has 2 rings (SSSR count). The summed E-state index contributed by atoms with van der Waals surface area (Å²) in [5.41, 5.74) is 2.34. The first-order valence-electron chi connectivity index (χ1n) is 5.06. The van der Waals surface area contributed by atoms with E-state index < -0.39 is 0 Å². The van der Waals surface area contributed by atoms with Gasteiger partial charge in [0.25, 0.3) is 0 Å². The minimum atomic E-state index is 0.634. The maximum atomic E-state index is 5.23. The van der Waals surface area contributed by atoms with Crippen LogP contribution >= 0.6 is 28.1 Å². The van der Waals surface area contributed by atoms with Gasteiger partial charge in [-0.3, -0.25) is 9.67 Å². The van der Waals surface area contributed by atoms with Crippen LogP contribution in [0.4, 0.5) is 0 Å². The number of nitrogens with one attached hydrogen (secondary N) is 1. The highest BCUT2D eigenvalue weighted by atomic mass is 79.9. The molecule has 0 amide bonds. The van der Waals surface area contributed by atoms with E-state index in [1.165, 1.54) is 5.56 Å². The maximum absolute atomic E-state index is 5.23. The van der Waals surface area contributed by atoms with Crippen molar-refractivity contribution in [2.45, 2.75) is 20.3 Å². The monoisotopic (exact) mass is 297 g/mol. The summed E-state index contributed by atoms with van der Waals surface area (Å²) < 4.78 is 3.68. The fourth-order valence-corrected chi connectivity index (χ4v) is 2.40. The quantitative estimate of drug-likeness (QED) is 0.860. The molecule has 0 aliphatic heterocycles. The highest BCUT2D eigenvalue weighted by Crippen LogP contribution is 2.21. The van der Waals surface area contributed by atoms with Gasteiger partial charge in [0.05, 0.1) is 5.69 Å². The van der Waals surface area contributed by atoms with Gasteiger partial charge in [0.2, 0.25) is 0 Å². The predicted molar refractivity (Wildman–Crippen MR) is 70.6 cm³/mol. The van der Waals surface area contributed by atoms with Crippen molar-refractivity contribution < 1.29 is 0 Å². The van der Waals surface area contributed by atoms with Crippen LogP contribution in [-0.2, 0) is 6.42 Å². The smallest absolute Gasteiger partial charge is 0.199 e. The third-order valence-corrected chi connectivity index (χ3v) is 3.27. The van der Waals surface area contributed by atoms with E-state index in [9.17, 15) is 0 Å². The minimum Gasteiger partial charge on any atom is -0.272 e. The molecule has 0 unspecified atom stereocenters. The molecule has 0 aliphatic carbocycles. The number of halogens is 1. The van der Waals surface area contributed by atoms with Crippen molar-refractivity contribution >= 4 is 28.1 Å². The molecule has 16 heavy (non-hydrogen) atoms. The molecule has 0 fully saturated rings.